The Morgan fingerprint density at radius 2 is 2.33 bits per heavy atom. The number of aromatic nitrogens is 2. The van der Waals surface area contributed by atoms with Crippen molar-refractivity contribution >= 4 is 39.1 Å². The Hall–Kier alpha value is -1.37. The van der Waals surface area contributed by atoms with Gasteiger partial charge in [-0.25, -0.2) is 4.68 Å². The van der Waals surface area contributed by atoms with E-state index in [1.165, 1.54) is 0 Å². The number of carbonyl (C=O) groups is 1. The van der Waals surface area contributed by atoms with Gasteiger partial charge in [-0.1, -0.05) is 18.5 Å². The number of carbonyl (C=O) groups excluding carboxylic acids is 1. The lowest BCUT2D eigenvalue weighted by atomic mass is 10.1. The fraction of sp³-hybridized carbons (Fsp3) is 0.286. The number of anilines is 1. The number of benzene rings is 1. The maximum Gasteiger partial charge on any atom is 0.246 e. The Morgan fingerprint density at radius 1 is 1.52 bits per heavy atom. The Labute approximate surface area is 135 Å². The van der Waals surface area contributed by atoms with E-state index < -0.39 is 0 Å². The molecule has 0 radical (unpaired) electrons. The van der Waals surface area contributed by atoms with Crippen molar-refractivity contribution in [1.82, 2.24) is 15.1 Å². The molecule has 0 saturated heterocycles. The number of fused-ring (bicyclic) bond motifs is 1. The van der Waals surface area contributed by atoms with Crippen molar-refractivity contribution in [3.8, 4) is 5.69 Å². The molecule has 3 rings (SSSR count). The van der Waals surface area contributed by atoms with Crippen LogP contribution in [-0.2, 0) is 4.79 Å². The summed E-state index contributed by atoms with van der Waals surface area (Å²) in [5.74, 6) is -0.0269. The fourth-order valence-electron chi connectivity index (χ4n) is 2.37. The van der Waals surface area contributed by atoms with Crippen LogP contribution >= 0.6 is 27.5 Å². The normalized spacial score (nSPS) is 16.9. The largest absolute Gasteiger partial charge is 0.324 e. The summed E-state index contributed by atoms with van der Waals surface area (Å²) in [7, 11) is 0. The zero-order valence-electron chi connectivity index (χ0n) is 11.4. The number of amides is 1. The standard InChI is InChI=1S/C14H14BrClN4O/c1-2-3-17-13-9-4-10(15)12(5-11(9)19-14(13)21)20-7-8(16)6-18-20/h4-7,13,17H,2-3H2,1H3,(H,19,21). The average molecular weight is 370 g/mol. The first-order valence-corrected chi connectivity index (χ1v) is 7.85. The van der Waals surface area contributed by atoms with Crippen LogP contribution in [0.3, 0.4) is 0 Å². The highest BCUT2D eigenvalue weighted by atomic mass is 79.9. The summed E-state index contributed by atoms with van der Waals surface area (Å²) in [5.41, 5.74) is 2.58. The topological polar surface area (TPSA) is 59.0 Å². The number of nitrogens with zero attached hydrogens (tertiary/aromatic N) is 2. The molecule has 110 valence electrons. The van der Waals surface area contributed by atoms with E-state index in [1.807, 2.05) is 12.1 Å². The first-order chi connectivity index (χ1) is 10.1. The molecule has 1 aliphatic heterocycles. The molecule has 2 N–H and O–H groups in total. The van der Waals surface area contributed by atoms with Crippen molar-refractivity contribution in [2.75, 3.05) is 11.9 Å². The predicted octanol–water partition coefficient (Wildman–Crippen LogP) is 3.28. The van der Waals surface area contributed by atoms with Crippen LogP contribution in [0.25, 0.3) is 5.69 Å². The molecule has 0 spiro atoms. The molecule has 1 unspecified atom stereocenters. The van der Waals surface area contributed by atoms with Crippen LogP contribution in [0.2, 0.25) is 5.02 Å². The molecule has 0 saturated carbocycles. The number of halogens is 2. The highest BCUT2D eigenvalue weighted by Gasteiger charge is 2.31. The molecule has 7 heteroatoms. The summed E-state index contributed by atoms with van der Waals surface area (Å²) in [6, 6.07) is 3.55. The Morgan fingerprint density at radius 3 is 3.00 bits per heavy atom. The number of rotatable bonds is 4. The second-order valence-corrected chi connectivity index (χ2v) is 6.16. The molecule has 0 aliphatic carbocycles. The van der Waals surface area contributed by atoms with E-state index in [4.69, 9.17) is 11.6 Å². The Kier molecular flexibility index (Phi) is 4.01. The average Bonchev–Trinajstić information content (AvgIpc) is 2.99. The molecule has 1 aromatic heterocycles. The zero-order valence-corrected chi connectivity index (χ0v) is 13.7. The van der Waals surface area contributed by atoms with Gasteiger partial charge in [0.2, 0.25) is 5.91 Å². The van der Waals surface area contributed by atoms with Crippen LogP contribution in [0.15, 0.2) is 29.0 Å². The summed E-state index contributed by atoms with van der Waals surface area (Å²) >= 11 is 9.45. The van der Waals surface area contributed by atoms with E-state index in [0.29, 0.717) is 5.02 Å². The van der Waals surface area contributed by atoms with E-state index in [0.717, 1.165) is 34.4 Å². The van der Waals surface area contributed by atoms with Crippen LogP contribution in [0.4, 0.5) is 5.69 Å². The maximum atomic E-state index is 12.1. The van der Waals surface area contributed by atoms with Crippen molar-refractivity contribution in [2.24, 2.45) is 0 Å². The smallest absolute Gasteiger partial charge is 0.246 e. The third-order valence-electron chi connectivity index (χ3n) is 3.35. The summed E-state index contributed by atoms with van der Waals surface area (Å²) < 4.78 is 2.53. The lowest BCUT2D eigenvalue weighted by Gasteiger charge is -2.12. The second-order valence-electron chi connectivity index (χ2n) is 4.87. The minimum absolute atomic E-state index is 0.0269. The highest BCUT2D eigenvalue weighted by molar-refractivity contribution is 9.10. The molecule has 0 bridgehead atoms. The van der Waals surface area contributed by atoms with Gasteiger partial charge in [-0.05, 0) is 41.0 Å². The maximum absolute atomic E-state index is 12.1. The van der Waals surface area contributed by atoms with Crippen LogP contribution in [0, 0.1) is 0 Å². The highest BCUT2D eigenvalue weighted by Crippen LogP contribution is 2.36. The summed E-state index contributed by atoms with van der Waals surface area (Å²) in [5, 5.41) is 10.9. The van der Waals surface area contributed by atoms with Gasteiger partial charge in [0.25, 0.3) is 0 Å². The monoisotopic (exact) mass is 368 g/mol. The van der Waals surface area contributed by atoms with E-state index in [-0.39, 0.29) is 11.9 Å². The summed E-state index contributed by atoms with van der Waals surface area (Å²) in [6.07, 6.45) is 4.27. The van der Waals surface area contributed by atoms with Gasteiger partial charge in [-0.3, -0.25) is 4.79 Å². The van der Waals surface area contributed by atoms with Gasteiger partial charge in [-0.15, -0.1) is 0 Å². The Bertz CT molecular complexity index is 700. The van der Waals surface area contributed by atoms with E-state index >= 15 is 0 Å². The molecular formula is C14H14BrClN4O. The molecular weight excluding hydrogens is 356 g/mol. The van der Waals surface area contributed by atoms with Gasteiger partial charge in [0.1, 0.15) is 6.04 Å². The van der Waals surface area contributed by atoms with Crippen LogP contribution < -0.4 is 10.6 Å². The number of nitrogens with one attached hydrogen (secondary N) is 2. The molecule has 1 aliphatic rings. The van der Waals surface area contributed by atoms with Crippen molar-refractivity contribution < 1.29 is 4.79 Å². The van der Waals surface area contributed by atoms with Gasteiger partial charge in [0, 0.05) is 21.9 Å². The van der Waals surface area contributed by atoms with Crippen molar-refractivity contribution in [2.45, 2.75) is 19.4 Å². The van der Waals surface area contributed by atoms with Gasteiger partial charge in [-0.2, -0.15) is 5.10 Å². The van der Waals surface area contributed by atoms with Crippen molar-refractivity contribution in [3.05, 3.63) is 39.6 Å². The first-order valence-electron chi connectivity index (χ1n) is 6.68. The molecule has 5 nitrogen and oxygen atoms in total. The summed E-state index contributed by atoms with van der Waals surface area (Å²) in [4.78, 5) is 12.1. The van der Waals surface area contributed by atoms with Gasteiger partial charge < -0.3 is 10.6 Å². The van der Waals surface area contributed by atoms with Crippen LogP contribution in [-0.4, -0.2) is 22.2 Å². The zero-order chi connectivity index (χ0) is 15.0. The first kappa shape index (κ1) is 14.6. The minimum atomic E-state index is -0.300. The van der Waals surface area contributed by atoms with Crippen LogP contribution in [0.1, 0.15) is 24.9 Å². The molecule has 2 heterocycles. The van der Waals surface area contributed by atoms with E-state index in [9.17, 15) is 4.79 Å². The van der Waals surface area contributed by atoms with Crippen molar-refractivity contribution in [3.63, 3.8) is 0 Å². The lowest BCUT2D eigenvalue weighted by molar-refractivity contribution is -0.117. The molecule has 1 amide bonds. The lowest BCUT2D eigenvalue weighted by Crippen LogP contribution is -2.28. The third-order valence-corrected chi connectivity index (χ3v) is 4.18. The molecule has 21 heavy (non-hydrogen) atoms. The molecule has 1 aromatic carbocycles. The van der Waals surface area contributed by atoms with Crippen LogP contribution in [0.5, 0.6) is 0 Å². The molecule has 0 fully saturated rings. The molecule has 2 aromatic rings. The predicted molar refractivity (Wildman–Crippen MR) is 85.9 cm³/mol. The van der Waals surface area contributed by atoms with Gasteiger partial charge in [0.05, 0.1) is 16.9 Å². The Balaban J connectivity index is 1.99. The third kappa shape index (κ3) is 2.71. The van der Waals surface area contributed by atoms with Gasteiger partial charge >= 0.3 is 0 Å². The quantitative estimate of drug-likeness (QED) is 0.869. The van der Waals surface area contributed by atoms with E-state index in [1.54, 1.807) is 17.1 Å². The van der Waals surface area contributed by atoms with Gasteiger partial charge in [0.15, 0.2) is 0 Å². The second kappa shape index (κ2) is 5.79. The number of hydrogen-bond acceptors (Lipinski definition) is 3. The fourth-order valence-corrected chi connectivity index (χ4v) is 3.05. The van der Waals surface area contributed by atoms with Crippen molar-refractivity contribution in [1.29, 1.82) is 0 Å². The SMILES string of the molecule is CCCNC1C(=O)Nc2cc(-n3cc(Cl)cn3)c(Br)cc21. The minimum Gasteiger partial charge on any atom is -0.324 e. The number of hydrogen-bond donors (Lipinski definition) is 2. The summed E-state index contributed by atoms with van der Waals surface area (Å²) in [6.45, 7) is 2.87. The molecule has 1 atom stereocenters. The van der Waals surface area contributed by atoms with E-state index in [2.05, 4.69) is 38.6 Å².